The molecule has 0 bridgehead atoms. The van der Waals surface area contributed by atoms with Gasteiger partial charge in [0, 0.05) is 6.54 Å². The Kier molecular flexibility index (Phi) is 6.16. The number of hydrogen-bond donors (Lipinski definition) is 1. The van der Waals surface area contributed by atoms with Crippen molar-refractivity contribution in [3.05, 3.63) is 42.0 Å². The molecular formula is C16H23NO2. The Labute approximate surface area is 115 Å². The van der Waals surface area contributed by atoms with Crippen LogP contribution in [0.15, 0.2) is 36.4 Å². The van der Waals surface area contributed by atoms with Crippen molar-refractivity contribution in [1.82, 2.24) is 0 Å². The quantitative estimate of drug-likeness (QED) is 0.766. The normalized spacial score (nSPS) is 11.5. The summed E-state index contributed by atoms with van der Waals surface area (Å²) in [5.74, 6) is 1.88. The van der Waals surface area contributed by atoms with Gasteiger partial charge in [-0.15, -0.1) is 0 Å². The number of rotatable bonds is 7. The first kappa shape index (κ1) is 15.3. The van der Waals surface area contributed by atoms with E-state index in [2.05, 4.69) is 26.5 Å². The van der Waals surface area contributed by atoms with Crippen LogP contribution in [0.5, 0.6) is 11.5 Å². The molecule has 2 N–H and O–H groups in total. The van der Waals surface area contributed by atoms with Gasteiger partial charge in [0.25, 0.3) is 0 Å². The van der Waals surface area contributed by atoms with Gasteiger partial charge in [0.1, 0.15) is 6.61 Å². The molecule has 0 aliphatic heterocycles. The van der Waals surface area contributed by atoms with Crippen LogP contribution in [0.2, 0.25) is 0 Å². The molecule has 0 saturated heterocycles. The van der Waals surface area contributed by atoms with E-state index in [9.17, 15) is 0 Å². The highest BCUT2D eigenvalue weighted by molar-refractivity contribution is 5.58. The fourth-order valence-electron chi connectivity index (χ4n) is 1.72. The minimum atomic E-state index is 0.438. The summed E-state index contributed by atoms with van der Waals surface area (Å²) in [6, 6.07) is 5.86. The van der Waals surface area contributed by atoms with E-state index in [4.69, 9.17) is 15.2 Å². The molecule has 0 heterocycles. The van der Waals surface area contributed by atoms with E-state index in [-0.39, 0.29) is 0 Å². The lowest BCUT2D eigenvalue weighted by Crippen LogP contribution is -2.08. The van der Waals surface area contributed by atoms with Crippen LogP contribution >= 0.6 is 0 Å². The van der Waals surface area contributed by atoms with E-state index in [0.717, 1.165) is 17.1 Å². The topological polar surface area (TPSA) is 44.5 Å². The first-order valence-corrected chi connectivity index (χ1v) is 6.44. The van der Waals surface area contributed by atoms with E-state index < -0.39 is 0 Å². The Hall–Kier alpha value is -1.74. The maximum Gasteiger partial charge on any atom is 0.161 e. The van der Waals surface area contributed by atoms with Gasteiger partial charge in [-0.05, 0) is 23.6 Å². The molecule has 0 amide bonds. The first-order chi connectivity index (χ1) is 9.12. The van der Waals surface area contributed by atoms with Gasteiger partial charge in [0.15, 0.2) is 11.5 Å². The second-order valence-corrected chi connectivity index (χ2v) is 4.59. The lowest BCUT2D eigenvalue weighted by Gasteiger charge is -2.12. The maximum absolute atomic E-state index is 5.75. The zero-order valence-electron chi connectivity index (χ0n) is 12.0. The number of hydrogen-bond acceptors (Lipinski definition) is 3. The predicted octanol–water partition coefficient (Wildman–Crippen LogP) is 3.26. The first-order valence-electron chi connectivity index (χ1n) is 6.44. The average Bonchev–Trinajstić information content (AvgIpc) is 2.42. The molecule has 19 heavy (non-hydrogen) atoms. The molecule has 1 aromatic rings. The Morgan fingerprint density at radius 1 is 1.37 bits per heavy atom. The van der Waals surface area contributed by atoms with Crippen molar-refractivity contribution in [3.8, 4) is 11.5 Å². The zero-order valence-corrected chi connectivity index (χ0v) is 12.0. The van der Waals surface area contributed by atoms with Crippen molar-refractivity contribution in [3.63, 3.8) is 0 Å². The SMILES string of the molecule is C=CCOc1ccc(C=C(CN)C(C)C)cc1OC. The minimum Gasteiger partial charge on any atom is -0.493 e. The van der Waals surface area contributed by atoms with Crippen molar-refractivity contribution < 1.29 is 9.47 Å². The van der Waals surface area contributed by atoms with Crippen LogP contribution < -0.4 is 15.2 Å². The summed E-state index contributed by atoms with van der Waals surface area (Å²) in [5, 5.41) is 0. The molecule has 0 radical (unpaired) electrons. The molecule has 0 aliphatic carbocycles. The van der Waals surface area contributed by atoms with Gasteiger partial charge >= 0.3 is 0 Å². The van der Waals surface area contributed by atoms with Gasteiger partial charge in [-0.2, -0.15) is 0 Å². The van der Waals surface area contributed by atoms with E-state index in [1.54, 1.807) is 13.2 Å². The number of benzene rings is 1. The van der Waals surface area contributed by atoms with E-state index in [0.29, 0.717) is 19.1 Å². The molecule has 0 aliphatic rings. The molecule has 0 saturated carbocycles. The second-order valence-electron chi connectivity index (χ2n) is 4.59. The molecular weight excluding hydrogens is 238 g/mol. The third-order valence-corrected chi connectivity index (χ3v) is 2.87. The minimum absolute atomic E-state index is 0.438. The number of nitrogens with two attached hydrogens (primary N) is 1. The highest BCUT2D eigenvalue weighted by Gasteiger charge is 2.06. The molecule has 1 rings (SSSR count). The monoisotopic (exact) mass is 261 g/mol. The van der Waals surface area contributed by atoms with Crippen molar-refractivity contribution in [2.24, 2.45) is 11.7 Å². The van der Waals surface area contributed by atoms with Crippen LogP contribution in [0.25, 0.3) is 6.08 Å². The number of methoxy groups -OCH3 is 1. The van der Waals surface area contributed by atoms with Gasteiger partial charge < -0.3 is 15.2 Å². The highest BCUT2D eigenvalue weighted by Crippen LogP contribution is 2.29. The smallest absolute Gasteiger partial charge is 0.161 e. The fraction of sp³-hybridized carbons (Fsp3) is 0.375. The molecule has 0 aromatic heterocycles. The number of ether oxygens (including phenoxy) is 2. The summed E-state index contributed by atoms with van der Waals surface area (Å²) in [4.78, 5) is 0. The van der Waals surface area contributed by atoms with Crippen molar-refractivity contribution in [2.75, 3.05) is 20.3 Å². The molecule has 0 fully saturated rings. The van der Waals surface area contributed by atoms with Gasteiger partial charge in [-0.1, -0.05) is 44.2 Å². The molecule has 1 aromatic carbocycles. The summed E-state index contributed by atoms with van der Waals surface area (Å²) < 4.78 is 10.9. The van der Waals surface area contributed by atoms with E-state index in [1.165, 1.54) is 5.57 Å². The second kappa shape index (κ2) is 7.64. The third kappa shape index (κ3) is 4.45. The summed E-state index contributed by atoms with van der Waals surface area (Å²) in [6.07, 6.45) is 3.81. The molecule has 0 spiro atoms. The highest BCUT2D eigenvalue weighted by atomic mass is 16.5. The van der Waals surface area contributed by atoms with Crippen molar-refractivity contribution in [1.29, 1.82) is 0 Å². The molecule has 3 nitrogen and oxygen atoms in total. The Morgan fingerprint density at radius 2 is 2.11 bits per heavy atom. The average molecular weight is 261 g/mol. The predicted molar refractivity (Wildman–Crippen MR) is 80.6 cm³/mol. The van der Waals surface area contributed by atoms with E-state index in [1.807, 2.05) is 18.2 Å². The lowest BCUT2D eigenvalue weighted by molar-refractivity contribution is 0.326. The maximum atomic E-state index is 5.75. The fourth-order valence-corrected chi connectivity index (χ4v) is 1.72. The standard InChI is InChI=1S/C16H23NO2/c1-5-8-19-15-7-6-13(10-16(15)18-4)9-14(11-17)12(2)3/h5-7,9-10,12H,1,8,11,17H2,2-4H3. The van der Waals surface area contributed by atoms with Crippen LogP contribution in [0.1, 0.15) is 19.4 Å². The van der Waals surface area contributed by atoms with Crippen LogP contribution in [0.4, 0.5) is 0 Å². The largest absolute Gasteiger partial charge is 0.493 e. The Balaban J connectivity index is 3.02. The van der Waals surface area contributed by atoms with Crippen LogP contribution in [-0.4, -0.2) is 20.3 Å². The van der Waals surface area contributed by atoms with E-state index >= 15 is 0 Å². The Morgan fingerprint density at radius 3 is 2.63 bits per heavy atom. The van der Waals surface area contributed by atoms with Crippen LogP contribution in [0, 0.1) is 5.92 Å². The summed E-state index contributed by atoms with van der Waals surface area (Å²) in [5.41, 5.74) is 8.03. The third-order valence-electron chi connectivity index (χ3n) is 2.87. The van der Waals surface area contributed by atoms with Crippen LogP contribution in [-0.2, 0) is 0 Å². The van der Waals surface area contributed by atoms with Gasteiger partial charge in [-0.3, -0.25) is 0 Å². The zero-order chi connectivity index (χ0) is 14.3. The molecule has 3 heteroatoms. The van der Waals surface area contributed by atoms with Gasteiger partial charge in [0.05, 0.1) is 7.11 Å². The molecule has 104 valence electrons. The van der Waals surface area contributed by atoms with Crippen LogP contribution in [0.3, 0.4) is 0 Å². The summed E-state index contributed by atoms with van der Waals surface area (Å²) in [6.45, 7) is 8.93. The summed E-state index contributed by atoms with van der Waals surface area (Å²) >= 11 is 0. The van der Waals surface area contributed by atoms with Crippen molar-refractivity contribution in [2.45, 2.75) is 13.8 Å². The van der Waals surface area contributed by atoms with Crippen molar-refractivity contribution >= 4 is 6.08 Å². The lowest BCUT2D eigenvalue weighted by atomic mass is 10.0. The van der Waals surface area contributed by atoms with Gasteiger partial charge in [0.2, 0.25) is 0 Å². The molecule has 0 unspecified atom stereocenters. The molecule has 0 atom stereocenters. The summed E-state index contributed by atoms with van der Waals surface area (Å²) in [7, 11) is 1.63. The van der Waals surface area contributed by atoms with Gasteiger partial charge in [-0.25, -0.2) is 0 Å². The Bertz CT molecular complexity index is 450.